The molecule has 0 amide bonds. The van der Waals surface area contributed by atoms with Crippen molar-refractivity contribution < 1.29 is 9.13 Å². The SMILES string of the molecule is CC(CNc1ccc2nnc(C(C)(C)C)n2n1)Oc1ccccc1F. The summed E-state index contributed by atoms with van der Waals surface area (Å²) in [6.07, 6.45) is -0.225. The molecular formula is C18H22FN5O. The van der Waals surface area contributed by atoms with E-state index in [2.05, 4.69) is 41.4 Å². The Hall–Kier alpha value is -2.70. The van der Waals surface area contributed by atoms with Crippen LogP contribution >= 0.6 is 0 Å². The molecule has 0 saturated heterocycles. The second-order valence-electron chi connectivity index (χ2n) is 7.00. The van der Waals surface area contributed by atoms with E-state index in [0.29, 0.717) is 18.0 Å². The van der Waals surface area contributed by atoms with Crippen LogP contribution in [0.2, 0.25) is 0 Å². The number of hydrogen-bond donors (Lipinski definition) is 1. The first-order valence-corrected chi connectivity index (χ1v) is 8.22. The molecule has 132 valence electrons. The van der Waals surface area contributed by atoms with E-state index in [9.17, 15) is 4.39 Å². The zero-order valence-electron chi connectivity index (χ0n) is 14.8. The van der Waals surface area contributed by atoms with Gasteiger partial charge < -0.3 is 10.1 Å². The minimum atomic E-state index is -0.367. The molecule has 0 fully saturated rings. The molecule has 0 bridgehead atoms. The molecule has 0 radical (unpaired) electrons. The molecule has 0 aliphatic carbocycles. The minimum absolute atomic E-state index is 0.160. The number of nitrogens with zero attached hydrogens (tertiary/aromatic N) is 4. The molecule has 2 aromatic heterocycles. The van der Waals surface area contributed by atoms with Crippen LogP contribution in [0, 0.1) is 5.82 Å². The van der Waals surface area contributed by atoms with Crippen LogP contribution in [0.1, 0.15) is 33.5 Å². The third-order valence-electron chi connectivity index (χ3n) is 3.67. The Morgan fingerprint density at radius 2 is 1.92 bits per heavy atom. The summed E-state index contributed by atoms with van der Waals surface area (Å²) < 4.78 is 21.0. The number of fused-ring (bicyclic) bond motifs is 1. The van der Waals surface area contributed by atoms with E-state index in [4.69, 9.17) is 4.74 Å². The van der Waals surface area contributed by atoms with E-state index >= 15 is 0 Å². The van der Waals surface area contributed by atoms with Gasteiger partial charge in [0.25, 0.3) is 0 Å². The average Bonchev–Trinajstić information content (AvgIpc) is 2.98. The summed E-state index contributed by atoms with van der Waals surface area (Å²) >= 11 is 0. The van der Waals surface area contributed by atoms with Gasteiger partial charge in [0.1, 0.15) is 11.9 Å². The largest absolute Gasteiger partial charge is 0.486 e. The van der Waals surface area contributed by atoms with E-state index in [-0.39, 0.29) is 23.1 Å². The van der Waals surface area contributed by atoms with Gasteiger partial charge in [-0.15, -0.1) is 15.3 Å². The molecule has 3 aromatic rings. The molecule has 3 rings (SSSR count). The van der Waals surface area contributed by atoms with Crippen molar-refractivity contribution in [2.75, 3.05) is 11.9 Å². The zero-order valence-corrected chi connectivity index (χ0v) is 14.8. The van der Waals surface area contributed by atoms with Crippen LogP contribution in [0.5, 0.6) is 5.75 Å². The van der Waals surface area contributed by atoms with E-state index in [1.165, 1.54) is 6.07 Å². The van der Waals surface area contributed by atoms with Crippen molar-refractivity contribution in [3.8, 4) is 5.75 Å². The number of nitrogens with one attached hydrogen (secondary N) is 1. The topological polar surface area (TPSA) is 64.3 Å². The first-order valence-electron chi connectivity index (χ1n) is 8.22. The second kappa shape index (κ2) is 6.66. The van der Waals surface area contributed by atoms with Crippen molar-refractivity contribution in [2.45, 2.75) is 39.2 Å². The van der Waals surface area contributed by atoms with Crippen LogP contribution in [-0.2, 0) is 5.41 Å². The normalized spacial score (nSPS) is 13.0. The Labute approximate surface area is 146 Å². The highest BCUT2D eigenvalue weighted by atomic mass is 19.1. The van der Waals surface area contributed by atoms with Crippen LogP contribution in [0.25, 0.3) is 5.65 Å². The molecule has 7 heteroatoms. The number of hydrogen-bond acceptors (Lipinski definition) is 5. The maximum atomic E-state index is 13.6. The highest BCUT2D eigenvalue weighted by molar-refractivity contribution is 5.44. The lowest BCUT2D eigenvalue weighted by atomic mass is 9.96. The number of aromatic nitrogens is 4. The van der Waals surface area contributed by atoms with E-state index < -0.39 is 0 Å². The number of para-hydroxylation sites is 1. The highest BCUT2D eigenvalue weighted by Crippen LogP contribution is 2.21. The van der Waals surface area contributed by atoms with Crippen LogP contribution in [0.3, 0.4) is 0 Å². The minimum Gasteiger partial charge on any atom is -0.486 e. The predicted molar refractivity (Wildman–Crippen MR) is 94.5 cm³/mol. The molecule has 1 unspecified atom stereocenters. The quantitative estimate of drug-likeness (QED) is 0.769. The molecule has 0 spiro atoms. The third kappa shape index (κ3) is 3.87. The molecule has 1 N–H and O–H groups in total. The fraction of sp³-hybridized carbons (Fsp3) is 0.389. The molecule has 0 aliphatic heterocycles. The number of ether oxygens (including phenoxy) is 1. The van der Waals surface area contributed by atoms with Crippen molar-refractivity contribution in [3.05, 3.63) is 48.0 Å². The second-order valence-corrected chi connectivity index (χ2v) is 7.00. The Morgan fingerprint density at radius 3 is 2.64 bits per heavy atom. The Kier molecular flexibility index (Phi) is 4.57. The zero-order chi connectivity index (χ0) is 18.0. The maximum absolute atomic E-state index is 13.6. The Balaban J connectivity index is 1.70. The lowest BCUT2D eigenvalue weighted by Crippen LogP contribution is -2.24. The number of benzene rings is 1. The maximum Gasteiger partial charge on any atom is 0.178 e. The van der Waals surface area contributed by atoms with Crippen LogP contribution < -0.4 is 10.1 Å². The van der Waals surface area contributed by atoms with Crippen molar-refractivity contribution in [1.82, 2.24) is 19.8 Å². The number of anilines is 1. The molecule has 0 aliphatic rings. The van der Waals surface area contributed by atoms with Crippen LogP contribution in [0.15, 0.2) is 36.4 Å². The van der Waals surface area contributed by atoms with Gasteiger partial charge in [-0.25, -0.2) is 4.39 Å². The average molecular weight is 343 g/mol. The summed E-state index contributed by atoms with van der Waals surface area (Å²) in [7, 11) is 0. The van der Waals surface area contributed by atoms with Crippen LogP contribution in [0.4, 0.5) is 10.2 Å². The lowest BCUT2D eigenvalue weighted by Gasteiger charge is -2.17. The molecule has 6 nitrogen and oxygen atoms in total. The van der Waals surface area contributed by atoms with Crippen molar-refractivity contribution in [3.63, 3.8) is 0 Å². The highest BCUT2D eigenvalue weighted by Gasteiger charge is 2.21. The van der Waals surface area contributed by atoms with E-state index in [1.807, 2.05) is 19.1 Å². The molecule has 0 saturated carbocycles. The number of rotatable bonds is 5. The predicted octanol–water partition coefficient (Wildman–Crippen LogP) is 3.44. The summed E-state index contributed by atoms with van der Waals surface area (Å²) in [5.74, 6) is 1.35. The third-order valence-corrected chi connectivity index (χ3v) is 3.67. The van der Waals surface area contributed by atoms with Gasteiger partial charge in [0.2, 0.25) is 0 Å². The van der Waals surface area contributed by atoms with Crippen molar-refractivity contribution in [2.24, 2.45) is 0 Å². The fourth-order valence-corrected chi connectivity index (χ4v) is 2.40. The lowest BCUT2D eigenvalue weighted by molar-refractivity contribution is 0.224. The first kappa shape index (κ1) is 17.1. The molecule has 1 aromatic carbocycles. The van der Waals surface area contributed by atoms with E-state index in [0.717, 1.165) is 5.82 Å². The van der Waals surface area contributed by atoms with Gasteiger partial charge in [-0.2, -0.15) is 4.52 Å². The van der Waals surface area contributed by atoms with Crippen LogP contribution in [-0.4, -0.2) is 32.5 Å². The molecule has 25 heavy (non-hydrogen) atoms. The monoisotopic (exact) mass is 343 g/mol. The number of halogens is 1. The standard InChI is InChI=1S/C18H22FN5O/c1-12(25-14-8-6-5-7-13(14)19)11-20-15-9-10-16-21-22-17(18(2,3)4)24(16)23-15/h5-10,12H,11H2,1-4H3,(H,20,23). The van der Waals surface area contributed by atoms with Gasteiger partial charge in [0.15, 0.2) is 23.0 Å². The Bertz CT molecular complexity index is 871. The summed E-state index contributed by atoms with van der Waals surface area (Å²) in [5, 5.41) is 16.1. The van der Waals surface area contributed by atoms with E-state index in [1.54, 1.807) is 22.7 Å². The van der Waals surface area contributed by atoms with Gasteiger partial charge in [-0.05, 0) is 31.2 Å². The van der Waals surface area contributed by atoms with Gasteiger partial charge >= 0.3 is 0 Å². The summed E-state index contributed by atoms with van der Waals surface area (Å²) in [4.78, 5) is 0. The van der Waals surface area contributed by atoms with Gasteiger partial charge in [0.05, 0.1) is 6.54 Å². The van der Waals surface area contributed by atoms with Crippen molar-refractivity contribution >= 4 is 11.5 Å². The summed E-state index contributed by atoms with van der Waals surface area (Å²) in [6.45, 7) is 8.55. The summed E-state index contributed by atoms with van der Waals surface area (Å²) in [5.41, 5.74) is 0.540. The first-order chi connectivity index (χ1) is 11.8. The summed E-state index contributed by atoms with van der Waals surface area (Å²) in [6, 6.07) is 10.1. The van der Waals surface area contributed by atoms with Gasteiger partial charge in [-0.3, -0.25) is 0 Å². The fourth-order valence-electron chi connectivity index (χ4n) is 2.40. The molecule has 2 heterocycles. The smallest absolute Gasteiger partial charge is 0.178 e. The van der Waals surface area contributed by atoms with Crippen molar-refractivity contribution in [1.29, 1.82) is 0 Å². The molecule has 1 atom stereocenters. The Morgan fingerprint density at radius 1 is 1.16 bits per heavy atom. The van der Waals surface area contributed by atoms with Gasteiger partial charge in [-0.1, -0.05) is 32.9 Å². The van der Waals surface area contributed by atoms with Gasteiger partial charge in [0, 0.05) is 5.41 Å². The molecular weight excluding hydrogens is 321 g/mol.